The molecule has 158 valence electrons. The number of nitrogens with one attached hydrogen (secondary N) is 2. The minimum atomic E-state index is -0.593. The molecule has 7 heteroatoms. The molecule has 0 saturated carbocycles. The number of carbonyl (C=O) groups excluding carboxylic acids is 1. The minimum absolute atomic E-state index is 0.191. The molecule has 1 aliphatic rings. The zero-order valence-electron chi connectivity index (χ0n) is 17.6. The van der Waals surface area contributed by atoms with Gasteiger partial charge in [-0.1, -0.05) is 30.3 Å². The lowest BCUT2D eigenvalue weighted by Gasteiger charge is -2.31. The number of benzene rings is 2. The summed E-state index contributed by atoms with van der Waals surface area (Å²) in [6, 6.07) is 19.9. The van der Waals surface area contributed by atoms with Crippen molar-refractivity contribution in [3.05, 3.63) is 77.6 Å². The highest BCUT2D eigenvalue weighted by atomic mass is 32.1. The maximum Gasteiger partial charge on any atom is 0.251 e. The highest BCUT2D eigenvalue weighted by molar-refractivity contribution is 7.21. The maximum atomic E-state index is 12.8. The molecule has 3 heterocycles. The average molecular weight is 440 g/mol. The summed E-state index contributed by atoms with van der Waals surface area (Å²) >= 11 is 1.60. The summed E-state index contributed by atoms with van der Waals surface area (Å²) in [5.41, 5.74) is 4.43. The van der Waals surface area contributed by atoms with E-state index in [1.807, 2.05) is 61.7 Å². The van der Waals surface area contributed by atoms with Crippen LogP contribution in [0.25, 0.3) is 20.8 Å². The van der Waals surface area contributed by atoms with Gasteiger partial charge in [-0.2, -0.15) is 5.26 Å². The first-order valence-corrected chi connectivity index (χ1v) is 11.3. The second-order valence-electron chi connectivity index (χ2n) is 8.09. The number of nitrogens with zero attached hydrogens (tertiary/aromatic N) is 3. The number of thiazole rings is 1. The normalized spacial score (nSPS) is 17.2. The molecule has 32 heavy (non-hydrogen) atoms. The predicted octanol–water partition coefficient (Wildman–Crippen LogP) is 4.89. The van der Waals surface area contributed by atoms with Gasteiger partial charge in [-0.05, 0) is 43.2 Å². The van der Waals surface area contributed by atoms with Crippen LogP contribution >= 0.6 is 11.3 Å². The molecule has 0 fully saturated rings. The number of amides is 1. The molecule has 0 saturated heterocycles. The van der Waals surface area contributed by atoms with Crippen LogP contribution in [0.2, 0.25) is 0 Å². The Bertz CT molecular complexity index is 1360. The van der Waals surface area contributed by atoms with Gasteiger partial charge in [-0.15, -0.1) is 11.3 Å². The fourth-order valence-corrected chi connectivity index (χ4v) is 4.86. The number of fused-ring (bicyclic) bond motifs is 2. The van der Waals surface area contributed by atoms with E-state index in [2.05, 4.69) is 21.7 Å². The van der Waals surface area contributed by atoms with E-state index >= 15 is 0 Å². The Hall–Kier alpha value is -3.76. The van der Waals surface area contributed by atoms with E-state index in [-0.39, 0.29) is 5.91 Å². The van der Waals surface area contributed by atoms with E-state index in [9.17, 15) is 10.1 Å². The van der Waals surface area contributed by atoms with E-state index in [0.717, 1.165) is 44.3 Å². The summed E-state index contributed by atoms with van der Waals surface area (Å²) in [5, 5.41) is 16.8. The Morgan fingerprint density at radius 1 is 1.25 bits per heavy atom. The second-order valence-corrected chi connectivity index (χ2v) is 9.12. The third-order valence-corrected chi connectivity index (χ3v) is 6.90. The van der Waals surface area contributed by atoms with E-state index in [4.69, 9.17) is 4.98 Å². The molecule has 1 atom stereocenters. The van der Waals surface area contributed by atoms with Crippen LogP contribution in [0.5, 0.6) is 0 Å². The van der Waals surface area contributed by atoms with Crippen LogP contribution in [0.15, 0.2) is 60.8 Å². The Kier molecular flexibility index (Phi) is 5.08. The predicted molar refractivity (Wildman–Crippen MR) is 127 cm³/mol. The SMILES string of the molecule is C[C@@]1(C#N)CCNc2ccc(C(=O)NCc3cc4nc(-c5ccccc5)sc4cn3)cc21. The van der Waals surface area contributed by atoms with Crippen molar-refractivity contribution in [2.45, 2.75) is 25.3 Å². The van der Waals surface area contributed by atoms with Gasteiger partial charge in [0, 0.05) is 29.6 Å². The monoisotopic (exact) mass is 439 g/mol. The first-order valence-electron chi connectivity index (χ1n) is 10.4. The molecule has 0 radical (unpaired) electrons. The molecule has 1 amide bonds. The maximum absolute atomic E-state index is 12.8. The molecule has 2 aromatic carbocycles. The lowest BCUT2D eigenvalue weighted by molar-refractivity contribution is 0.0950. The van der Waals surface area contributed by atoms with Crippen LogP contribution < -0.4 is 10.6 Å². The molecular weight excluding hydrogens is 418 g/mol. The van der Waals surface area contributed by atoms with Crippen LogP contribution in [0, 0.1) is 11.3 Å². The summed E-state index contributed by atoms with van der Waals surface area (Å²) in [5.74, 6) is -0.191. The molecule has 0 bridgehead atoms. The standard InChI is InChI=1S/C25H21N5OS/c1-25(15-26)9-10-27-20-8-7-17(11-19(20)25)23(31)29-13-18-12-21-22(14-28-18)32-24(30-21)16-5-3-2-4-6-16/h2-8,11-12,14,27H,9-10,13H2,1H3,(H,29,31)/t25-/m0/s1. The van der Waals surface area contributed by atoms with Crippen LogP contribution in [-0.4, -0.2) is 22.4 Å². The van der Waals surface area contributed by atoms with Gasteiger partial charge in [0.05, 0.1) is 33.9 Å². The summed E-state index contributed by atoms with van der Waals surface area (Å²) < 4.78 is 1.01. The number of rotatable bonds is 4. The second kappa shape index (κ2) is 8.06. The smallest absolute Gasteiger partial charge is 0.251 e. The highest BCUT2D eigenvalue weighted by Gasteiger charge is 2.32. The molecule has 1 aliphatic heterocycles. The van der Waals surface area contributed by atoms with Crippen LogP contribution in [0.4, 0.5) is 5.69 Å². The Morgan fingerprint density at radius 2 is 2.09 bits per heavy atom. The van der Waals surface area contributed by atoms with E-state index < -0.39 is 5.41 Å². The molecule has 2 N–H and O–H groups in total. The van der Waals surface area contributed by atoms with Gasteiger partial charge in [-0.3, -0.25) is 9.78 Å². The first-order chi connectivity index (χ1) is 15.6. The number of nitriles is 1. The van der Waals surface area contributed by atoms with Gasteiger partial charge < -0.3 is 10.6 Å². The Labute approximate surface area is 190 Å². The number of pyridine rings is 1. The number of hydrogen-bond acceptors (Lipinski definition) is 6. The topological polar surface area (TPSA) is 90.7 Å². The molecule has 0 spiro atoms. The summed E-state index contributed by atoms with van der Waals surface area (Å²) in [7, 11) is 0. The van der Waals surface area contributed by atoms with E-state index in [0.29, 0.717) is 18.5 Å². The number of carbonyl (C=O) groups is 1. The minimum Gasteiger partial charge on any atom is -0.385 e. The van der Waals surface area contributed by atoms with Crippen molar-refractivity contribution >= 4 is 33.1 Å². The van der Waals surface area contributed by atoms with E-state index in [1.54, 1.807) is 17.4 Å². The molecule has 0 unspecified atom stereocenters. The average Bonchev–Trinajstić information content (AvgIpc) is 3.27. The third-order valence-electron chi connectivity index (χ3n) is 5.85. The lowest BCUT2D eigenvalue weighted by Crippen LogP contribution is -2.31. The van der Waals surface area contributed by atoms with Crippen LogP contribution in [0.1, 0.15) is 35.0 Å². The molecule has 2 aromatic heterocycles. The van der Waals surface area contributed by atoms with Crippen LogP contribution in [0.3, 0.4) is 0 Å². The zero-order valence-corrected chi connectivity index (χ0v) is 18.4. The first kappa shape index (κ1) is 20.2. The molecule has 4 aromatic rings. The number of anilines is 1. The fourth-order valence-electron chi connectivity index (χ4n) is 3.94. The summed E-state index contributed by atoms with van der Waals surface area (Å²) in [4.78, 5) is 22.0. The van der Waals surface area contributed by atoms with Crippen molar-refractivity contribution < 1.29 is 4.79 Å². The van der Waals surface area contributed by atoms with Gasteiger partial charge in [0.1, 0.15) is 5.01 Å². The van der Waals surface area contributed by atoms with Gasteiger partial charge in [0.25, 0.3) is 5.91 Å². The highest BCUT2D eigenvalue weighted by Crippen LogP contribution is 2.37. The van der Waals surface area contributed by atoms with Crippen molar-refractivity contribution in [3.8, 4) is 16.6 Å². The summed E-state index contributed by atoms with van der Waals surface area (Å²) in [6.07, 6.45) is 2.52. The van der Waals surface area contributed by atoms with Crippen molar-refractivity contribution in [2.75, 3.05) is 11.9 Å². The largest absolute Gasteiger partial charge is 0.385 e. The van der Waals surface area contributed by atoms with Gasteiger partial charge in [0.2, 0.25) is 0 Å². The fraction of sp³-hybridized carbons (Fsp3) is 0.200. The molecule has 5 rings (SSSR count). The quantitative estimate of drug-likeness (QED) is 0.473. The lowest BCUT2D eigenvalue weighted by atomic mass is 9.77. The third kappa shape index (κ3) is 3.70. The van der Waals surface area contributed by atoms with Gasteiger partial charge in [0.15, 0.2) is 0 Å². The van der Waals surface area contributed by atoms with Gasteiger partial charge >= 0.3 is 0 Å². The van der Waals surface area contributed by atoms with Gasteiger partial charge in [-0.25, -0.2) is 4.98 Å². The molecule has 6 nitrogen and oxygen atoms in total. The Balaban J connectivity index is 1.33. The molecule has 0 aliphatic carbocycles. The number of aromatic nitrogens is 2. The van der Waals surface area contributed by atoms with Crippen molar-refractivity contribution in [2.24, 2.45) is 0 Å². The van der Waals surface area contributed by atoms with Crippen molar-refractivity contribution in [1.82, 2.24) is 15.3 Å². The Morgan fingerprint density at radius 3 is 2.91 bits per heavy atom. The molecular formula is C25H21N5OS. The van der Waals surface area contributed by atoms with Crippen LogP contribution in [-0.2, 0) is 12.0 Å². The van der Waals surface area contributed by atoms with Crippen molar-refractivity contribution in [1.29, 1.82) is 5.26 Å². The van der Waals surface area contributed by atoms with Crippen molar-refractivity contribution in [3.63, 3.8) is 0 Å². The summed E-state index contributed by atoms with van der Waals surface area (Å²) in [6.45, 7) is 2.97. The number of hydrogen-bond donors (Lipinski definition) is 2. The zero-order chi connectivity index (χ0) is 22.1. The van der Waals surface area contributed by atoms with E-state index in [1.165, 1.54) is 0 Å².